The van der Waals surface area contributed by atoms with E-state index < -0.39 is 0 Å². The number of hydrogen-bond donors (Lipinski definition) is 3. The number of carbonyl (C=O) groups excluding carboxylic acids is 2. The van der Waals surface area contributed by atoms with Gasteiger partial charge in [0.15, 0.2) is 5.88 Å². The molecule has 11 heteroatoms. The largest absolute Gasteiger partial charge is 0.494 e. The van der Waals surface area contributed by atoms with Gasteiger partial charge >= 0.3 is 0 Å². The number of benzene rings is 2. The molecule has 2 saturated heterocycles. The van der Waals surface area contributed by atoms with Crippen LogP contribution in [-0.4, -0.2) is 91.2 Å². The minimum atomic E-state index is -0.276. The second-order valence-corrected chi connectivity index (χ2v) is 16.4. The zero-order valence-electron chi connectivity index (χ0n) is 36.6. The smallest absolute Gasteiger partial charge is 0.253 e. The molecule has 1 aliphatic carbocycles. The molecule has 4 aliphatic heterocycles. The van der Waals surface area contributed by atoms with Crippen LogP contribution in [0.15, 0.2) is 119 Å². The van der Waals surface area contributed by atoms with E-state index in [1.807, 2.05) is 79.1 Å². The van der Waals surface area contributed by atoms with Gasteiger partial charge in [0.1, 0.15) is 30.2 Å². The standard InChI is InChI=1S/C47H59N7O4.C2H6.3H2/c1-30(2)8-13-41(29-55)50-39-14-9-36(10-15-39)34(6)58-35(7)52-21-23-53(24-22-52)47(56)37-11-16-40(17-12-37)51-46-32(4)42-28-54(20-18-38(42)27-49-46)43-26-31(3)45-44(33(43)5)48-19-25-57-45;1-2;;;/h9-12,14-17,27,29,31-32,41-42,48,50H,1,6-8,13,18-26,28H2,2-5H3,(H,49,51);1-2H3;3*1H. The van der Waals surface area contributed by atoms with Crippen molar-refractivity contribution in [1.29, 1.82) is 0 Å². The summed E-state index contributed by atoms with van der Waals surface area (Å²) in [4.78, 5) is 36.5. The molecular formula is C49H71N7O4. The first kappa shape index (κ1) is 43.9. The number of piperidine rings is 1. The first-order valence-corrected chi connectivity index (χ1v) is 21.7. The minimum absolute atomic E-state index is 0. The molecule has 7 rings (SSSR count). The predicted molar refractivity (Wildman–Crippen MR) is 250 cm³/mol. The van der Waals surface area contributed by atoms with Crippen molar-refractivity contribution >= 4 is 35.2 Å². The number of piperazine rings is 1. The fraction of sp³-hybridized carbons (Fsp3) is 0.449. The van der Waals surface area contributed by atoms with Gasteiger partial charge in [0.25, 0.3) is 5.91 Å². The van der Waals surface area contributed by atoms with Crippen molar-refractivity contribution in [3.8, 4) is 0 Å². The Balaban J connectivity index is 0.00000208. The molecule has 2 aromatic rings. The van der Waals surface area contributed by atoms with E-state index in [1.54, 1.807) is 0 Å². The molecule has 3 N–H and O–H groups in total. The average molecular weight is 822 g/mol. The zero-order chi connectivity index (χ0) is 42.9. The lowest BCUT2D eigenvalue weighted by Crippen LogP contribution is -2.48. The molecule has 4 heterocycles. The van der Waals surface area contributed by atoms with Gasteiger partial charge in [-0.2, -0.15) is 0 Å². The molecule has 0 radical (unpaired) electrons. The summed E-state index contributed by atoms with van der Waals surface area (Å²) >= 11 is 0. The SMILES string of the molecule is C=C(C)CCC(C=O)Nc1ccc(C(=C)OC(=C)N2CCN(C(=O)c3ccc(NC4=NC=C5CCN(C6=C(C)C7=C(OCCN7)C(C)C6)CC5C4C)cc3)CC2)cc1.CC.[HH].[HH].[HH]. The first-order chi connectivity index (χ1) is 29.0. The Morgan fingerprint density at radius 1 is 1.00 bits per heavy atom. The lowest BCUT2D eigenvalue weighted by Gasteiger charge is -2.44. The summed E-state index contributed by atoms with van der Waals surface area (Å²) in [5, 5.41) is 10.5. The number of aldehydes is 1. The number of fused-ring (bicyclic) bond motifs is 1. The third-order valence-electron chi connectivity index (χ3n) is 12.2. The minimum Gasteiger partial charge on any atom is -0.494 e. The maximum atomic E-state index is 13.5. The molecule has 5 aliphatic rings. The number of hydrogen-bond acceptors (Lipinski definition) is 10. The van der Waals surface area contributed by atoms with Crippen molar-refractivity contribution in [3.05, 3.63) is 125 Å². The number of likely N-dealkylation sites (tertiary alicyclic amines) is 1. The van der Waals surface area contributed by atoms with Crippen molar-refractivity contribution in [2.75, 3.05) is 63.1 Å². The van der Waals surface area contributed by atoms with Crippen molar-refractivity contribution in [2.24, 2.45) is 22.7 Å². The summed E-state index contributed by atoms with van der Waals surface area (Å²) in [6, 6.07) is 15.1. The Bertz CT molecular complexity index is 2060. The summed E-state index contributed by atoms with van der Waals surface area (Å²) in [5.74, 6) is 4.04. The van der Waals surface area contributed by atoms with Crippen LogP contribution in [0.3, 0.4) is 0 Å². The Kier molecular flexibility index (Phi) is 14.6. The average Bonchev–Trinajstić information content (AvgIpc) is 3.28. The number of amidine groups is 1. The lowest BCUT2D eigenvalue weighted by molar-refractivity contribution is -0.108. The van der Waals surface area contributed by atoms with E-state index in [0.29, 0.717) is 61.6 Å². The second kappa shape index (κ2) is 20.0. The lowest BCUT2D eigenvalue weighted by atomic mass is 9.79. The highest BCUT2D eigenvalue weighted by Gasteiger charge is 2.37. The Labute approximate surface area is 362 Å². The Morgan fingerprint density at radius 3 is 2.35 bits per heavy atom. The van der Waals surface area contributed by atoms with Crippen LogP contribution in [0, 0.1) is 17.8 Å². The highest BCUT2D eigenvalue weighted by atomic mass is 16.5. The molecule has 0 aromatic heterocycles. The van der Waals surface area contributed by atoms with Crippen LogP contribution in [0.25, 0.3) is 5.76 Å². The fourth-order valence-corrected chi connectivity index (χ4v) is 8.63. The van der Waals surface area contributed by atoms with Crippen LogP contribution in [-0.2, 0) is 14.3 Å². The van der Waals surface area contributed by atoms with E-state index >= 15 is 0 Å². The first-order valence-electron chi connectivity index (χ1n) is 21.7. The number of ether oxygens (including phenoxy) is 2. The van der Waals surface area contributed by atoms with Gasteiger partial charge in [0.2, 0.25) is 0 Å². The molecule has 0 spiro atoms. The molecule has 4 unspecified atom stereocenters. The number of carbonyl (C=O) groups is 2. The van der Waals surface area contributed by atoms with Crippen LogP contribution in [0.2, 0.25) is 0 Å². The molecule has 2 aromatic carbocycles. The van der Waals surface area contributed by atoms with Crippen molar-refractivity contribution < 1.29 is 23.3 Å². The van der Waals surface area contributed by atoms with Gasteiger partial charge in [0.05, 0.1) is 11.7 Å². The Hall–Kier alpha value is -5.71. The number of nitrogens with one attached hydrogen (secondary N) is 3. The number of aliphatic imine (C=N–C) groups is 1. The number of allylic oxidation sites excluding steroid dienone is 4. The predicted octanol–water partition coefficient (Wildman–Crippen LogP) is 9.51. The molecule has 11 nitrogen and oxygen atoms in total. The highest BCUT2D eigenvalue weighted by Crippen LogP contribution is 2.41. The van der Waals surface area contributed by atoms with Gasteiger partial charge < -0.3 is 44.9 Å². The third kappa shape index (κ3) is 10.2. The van der Waals surface area contributed by atoms with Crippen LogP contribution in [0.4, 0.5) is 11.4 Å². The maximum Gasteiger partial charge on any atom is 0.253 e. The van der Waals surface area contributed by atoms with Gasteiger partial charge in [0, 0.05) is 102 Å². The monoisotopic (exact) mass is 822 g/mol. The third-order valence-corrected chi connectivity index (χ3v) is 12.2. The van der Waals surface area contributed by atoms with Crippen molar-refractivity contribution in [1.82, 2.24) is 20.0 Å². The Morgan fingerprint density at radius 2 is 1.67 bits per heavy atom. The van der Waals surface area contributed by atoms with E-state index in [1.165, 1.54) is 22.5 Å². The normalized spacial score (nSPS) is 21.6. The van der Waals surface area contributed by atoms with Crippen LogP contribution < -0.4 is 16.0 Å². The molecule has 1 amide bonds. The molecular weight excluding hydrogens is 751 g/mol. The van der Waals surface area contributed by atoms with Crippen LogP contribution in [0.5, 0.6) is 0 Å². The van der Waals surface area contributed by atoms with E-state index in [-0.39, 0.29) is 22.1 Å². The van der Waals surface area contributed by atoms with Gasteiger partial charge in [-0.15, -0.1) is 6.58 Å². The van der Waals surface area contributed by atoms with Crippen molar-refractivity contribution in [3.63, 3.8) is 0 Å². The van der Waals surface area contributed by atoms with Crippen molar-refractivity contribution in [2.45, 2.75) is 73.3 Å². The second-order valence-electron chi connectivity index (χ2n) is 16.4. The summed E-state index contributed by atoms with van der Waals surface area (Å²) in [7, 11) is 0. The van der Waals surface area contributed by atoms with E-state index in [0.717, 1.165) is 85.9 Å². The molecule has 326 valence electrons. The van der Waals surface area contributed by atoms with Gasteiger partial charge in [-0.1, -0.05) is 39.8 Å². The molecule has 0 bridgehead atoms. The van der Waals surface area contributed by atoms with Crippen LogP contribution in [0.1, 0.15) is 87.4 Å². The van der Waals surface area contributed by atoms with E-state index in [9.17, 15) is 9.59 Å². The van der Waals surface area contributed by atoms with Gasteiger partial charge in [-0.3, -0.25) is 4.79 Å². The van der Waals surface area contributed by atoms with E-state index in [2.05, 4.69) is 67.6 Å². The van der Waals surface area contributed by atoms with Gasteiger partial charge in [-0.25, -0.2) is 4.99 Å². The van der Waals surface area contributed by atoms with Crippen LogP contribution >= 0.6 is 0 Å². The number of anilines is 2. The molecule has 0 saturated carbocycles. The molecule has 60 heavy (non-hydrogen) atoms. The summed E-state index contributed by atoms with van der Waals surface area (Å²) in [6.45, 7) is 30.8. The number of nitrogens with zero attached hydrogens (tertiary/aromatic N) is 4. The van der Waals surface area contributed by atoms with Gasteiger partial charge in [-0.05, 0) is 106 Å². The maximum absolute atomic E-state index is 13.5. The topological polar surface area (TPSA) is 111 Å². The zero-order valence-corrected chi connectivity index (χ0v) is 36.6. The fourth-order valence-electron chi connectivity index (χ4n) is 8.63. The number of rotatable bonds is 13. The number of amides is 1. The van der Waals surface area contributed by atoms with E-state index in [4.69, 9.17) is 14.5 Å². The highest BCUT2D eigenvalue weighted by molar-refractivity contribution is 5.99. The molecule has 4 atom stereocenters. The summed E-state index contributed by atoms with van der Waals surface area (Å²) in [5.41, 5.74) is 9.66. The molecule has 2 fully saturated rings. The quantitative estimate of drug-likeness (QED) is 0.103. The summed E-state index contributed by atoms with van der Waals surface area (Å²) < 4.78 is 12.1. The summed E-state index contributed by atoms with van der Waals surface area (Å²) in [6.07, 6.45) is 6.52.